The van der Waals surface area contributed by atoms with Crippen molar-refractivity contribution in [3.05, 3.63) is 101 Å². The molecule has 3 N–H and O–H groups in total. The second-order valence-electron chi connectivity index (χ2n) is 13.7. The van der Waals surface area contributed by atoms with Gasteiger partial charge in [0.1, 0.15) is 6.54 Å². The number of hydrogen-bond acceptors (Lipinski definition) is 7. The van der Waals surface area contributed by atoms with Crippen LogP contribution >= 0.6 is 0 Å². The molecule has 2 aromatic carbocycles. The summed E-state index contributed by atoms with van der Waals surface area (Å²) in [7, 11) is 0. The van der Waals surface area contributed by atoms with Gasteiger partial charge in [0.15, 0.2) is 0 Å². The molecule has 2 aromatic heterocycles. The monoisotopic (exact) mass is 723 g/mol. The van der Waals surface area contributed by atoms with E-state index in [-0.39, 0.29) is 28.9 Å². The van der Waals surface area contributed by atoms with Crippen molar-refractivity contribution in [1.29, 1.82) is 0 Å². The maximum Gasteiger partial charge on any atom is 0.336 e. The van der Waals surface area contributed by atoms with E-state index < -0.39 is 24.0 Å². The highest BCUT2D eigenvalue weighted by Crippen LogP contribution is 2.31. The topological polar surface area (TPSA) is 162 Å². The number of fused-ring (bicyclic) bond motifs is 1. The van der Waals surface area contributed by atoms with Crippen LogP contribution in [-0.4, -0.2) is 69.7 Å². The number of amides is 2. The van der Waals surface area contributed by atoms with Gasteiger partial charge < -0.3 is 29.9 Å². The molecule has 2 amide bonds. The number of rotatable bonds is 19. The van der Waals surface area contributed by atoms with Gasteiger partial charge in [-0.25, -0.2) is 4.79 Å². The van der Waals surface area contributed by atoms with Gasteiger partial charge in [-0.3, -0.25) is 24.2 Å². The summed E-state index contributed by atoms with van der Waals surface area (Å²) in [4.78, 5) is 70.3. The van der Waals surface area contributed by atoms with Crippen molar-refractivity contribution in [2.24, 2.45) is 5.92 Å². The predicted molar refractivity (Wildman–Crippen MR) is 205 cm³/mol. The van der Waals surface area contributed by atoms with E-state index in [1.807, 2.05) is 30.6 Å². The number of piperidine rings is 1. The molecule has 4 aromatic rings. The number of anilines is 2. The summed E-state index contributed by atoms with van der Waals surface area (Å²) in [5.74, 6) is -2.91. The zero-order chi connectivity index (χ0) is 37.6. The first-order valence-electron chi connectivity index (χ1n) is 18.6. The van der Waals surface area contributed by atoms with Crippen LogP contribution in [0.25, 0.3) is 10.8 Å². The molecule has 53 heavy (non-hydrogen) atoms. The molecule has 1 aliphatic heterocycles. The minimum Gasteiger partial charge on any atom is -0.480 e. The number of pyridine rings is 2. The lowest BCUT2D eigenvalue weighted by atomic mass is 9.95. The molecule has 1 aliphatic rings. The molecular formula is C41H49N5O7. The molecule has 1 saturated heterocycles. The molecule has 1 fully saturated rings. The van der Waals surface area contributed by atoms with Gasteiger partial charge in [0.05, 0.1) is 34.6 Å². The Bertz CT molecular complexity index is 1940. The van der Waals surface area contributed by atoms with Gasteiger partial charge in [0.2, 0.25) is 5.91 Å². The lowest BCUT2D eigenvalue weighted by Gasteiger charge is -2.36. The van der Waals surface area contributed by atoms with E-state index in [1.165, 1.54) is 24.4 Å². The van der Waals surface area contributed by atoms with E-state index >= 15 is 0 Å². The summed E-state index contributed by atoms with van der Waals surface area (Å²) in [5, 5.41) is 23.6. The van der Waals surface area contributed by atoms with E-state index in [4.69, 9.17) is 0 Å². The lowest BCUT2D eigenvalue weighted by Crippen LogP contribution is -2.45. The highest BCUT2D eigenvalue weighted by molar-refractivity contribution is 6.04. The van der Waals surface area contributed by atoms with Crippen LogP contribution in [0.4, 0.5) is 11.4 Å². The summed E-state index contributed by atoms with van der Waals surface area (Å²) in [6.07, 6.45) is 15.6. The first-order valence-corrected chi connectivity index (χ1v) is 18.6. The normalized spacial score (nSPS) is 14.2. The van der Waals surface area contributed by atoms with Crippen LogP contribution in [0.3, 0.4) is 0 Å². The third kappa shape index (κ3) is 10.8. The Morgan fingerprint density at radius 3 is 2.23 bits per heavy atom. The molecule has 12 nitrogen and oxygen atoms in total. The molecule has 0 bridgehead atoms. The number of carbonyl (C=O) groups excluding carboxylic acids is 2. The average molecular weight is 724 g/mol. The number of carboxylic acid groups (broad SMARTS) is 2. The fourth-order valence-electron chi connectivity index (χ4n) is 7.08. The number of aromatic nitrogens is 2. The number of hydrogen-bond donors (Lipinski definition) is 3. The third-order valence-electron chi connectivity index (χ3n) is 9.86. The zero-order valence-corrected chi connectivity index (χ0v) is 30.1. The van der Waals surface area contributed by atoms with Gasteiger partial charge in [-0.05, 0) is 43.9 Å². The zero-order valence-electron chi connectivity index (χ0n) is 30.1. The SMILES string of the molecule is O=C(O)Cn1cc(N(CCCCCCCCCCCNC(=O)c2ccccc2C(=O)O)C(=O)C2CCCN(c3cncc4ccccc34)C2)ccc1=O. The maximum atomic E-state index is 14.3. The summed E-state index contributed by atoms with van der Waals surface area (Å²) in [6, 6.07) is 17.2. The summed E-state index contributed by atoms with van der Waals surface area (Å²) in [6.45, 7) is 1.86. The summed E-state index contributed by atoms with van der Waals surface area (Å²) < 4.78 is 1.14. The Labute approximate surface area is 309 Å². The maximum absolute atomic E-state index is 14.3. The first kappa shape index (κ1) is 38.7. The van der Waals surface area contributed by atoms with Crippen LogP contribution < -0.4 is 20.7 Å². The van der Waals surface area contributed by atoms with Crippen LogP contribution in [0.1, 0.15) is 91.3 Å². The van der Waals surface area contributed by atoms with Crippen LogP contribution in [0.15, 0.2) is 84.0 Å². The Morgan fingerprint density at radius 1 is 0.811 bits per heavy atom. The molecule has 0 saturated carbocycles. The molecule has 0 spiro atoms. The smallest absolute Gasteiger partial charge is 0.336 e. The molecular weight excluding hydrogens is 674 g/mol. The molecule has 12 heteroatoms. The van der Waals surface area contributed by atoms with Crippen molar-refractivity contribution < 1.29 is 29.4 Å². The van der Waals surface area contributed by atoms with Crippen molar-refractivity contribution in [2.75, 3.05) is 36.0 Å². The third-order valence-corrected chi connectivity index (χ3v) is 9.86. The van der Waals surface area contributed by atoms with Gasteiger partial charge in [-0.2, -0.15) is 0 Å². The van der Waals surface area contributed by atoms with Crippen LogP contribution in [0.2, 0.25) is 0 Å². The molecule has 1 atom stereocenters. The quantitative estimate of drug-likeness (QED) is 0.0934. The fourth-order valence-corrected chi connectivity index (χ4v) is 7.08. The molecule has 280 valence electrons. The lowest BCUT2D eigenvalue weighted by molar-refractivity contribution is -0.137. The van der Waals surface area contributed by atoms with Crippen LogP contribution in [-0.2, 0) is 16.1 Å². The van der Waals surface area contributed by atoms with E-state index in [2.05, 4.69) is 21.3 Å². The minimum absolute atomic E-state index is 0.00244. The van der Waals surface area contributed by atoms with E-state index in [1.54, 1.807) is 23.1 Å². The van der Waals surface area contributed by atoms with Crippen LogP contribution in [0, 0.1) is 5.92 Å². The largest absolute Gasteiger partial charge is 0.480 e. The Balaban J connectivity index is 1.09. The Morgan fingerprint density at radius 2 is 1.49 bits per heavy atom. The summed E-state index contributed by atoms with van der Waals surface area (Å²) >= 11 is 0. The number of benzene rings is 2. The van der Waals surface area contributed by atoms with E-state index in [0.29, 0.717) is 25.3 Å². The van der Waals surface area contributed by atoms with Gasteiger partial charge in [0.25, 0.3) is 11.5 Å². The van der Waals surface area contributed by atoms with Crippen molar-refractivity contribution in [1.82, 2.24) is 14.9 Å². The molecule has 1 unspecified atom stereocenters. The average Bonchev–Trinajstić information content (AvgIpc) is 3.17. The first-order chi connectivity index (χ1) is 25.7. The second kappa shape index (κ2) is 19.4. The Kier molecular flexibility index (Phi) is 14.1. The number of carboxylic acids is 2. The molecule has 0 aliphatic carbocycles. The minimum atomic E-state index is -1.13. The van der Waals surface area contributed by atoms with Gasteiger partial charge in [0, 0.05) is 55.4 Å². The van der Waals surface area contributed by atoms with Gasteiger partial charge in [-0.15, -0.1) is 0 Å². The van der Waals surface area contributed by atoms with E-state index in [9.17, 15) is 34.2 Å². The highest BCUT2D eigenvalue weighted by Gasteiger charge is 2.31. The molecule has 3 heterocycles. The van der Waals surface area contributed by atoms with Crippen molar-refractivity contribution in [3.63, 3.8) is 0 Å². The van der Waals surface area contributed by atoms with Gasteiger partial charge >= 0.3 is 11.9 Å². The Hall–Kier alpha value is -5.52. The molecule has 0 radical (unpaired) electrons. The number of aliphatic carboxylic acids is 1. The van der Waals surface area contributed by atoms with Crippen molar-refractivity contribution in [2.45, 2.75) is 77.2 Å². The summed E-state index contributed by atoms with van der Waals surface area (Å²) in [5.41, 5.74) is 1.28. The number of unbranched alkanes of at least 4 members (excludes halogenated alkanes) is 8. The predicted octanol–water partition coefficient (Wildman–Crippen LogP) is 6.37. The standard InChI is InChI=1S/C41H49N5O7/c47-37-21-20-32(28-45(37)29-38(48)49)46(40(51)31-16-14-23-44(27-31)36-26-42-25-30-15-8-9-17-33(30)36)24-13-7-5-3-1-2-4-6-12-22-43-39(50)34-18-10-11-19-35(34)41(52)53/h8-11,15,17-21,25-26,28,31H,1-7,12-14,16,22-24,27,29H2,(H,43,50)(H,48,49)(H,52,53). The highest BCUT2D eigenvalue weighted by atomic mass is 16.4. The number of aromatic carboxylic acids is 1. The van der Waals surface area contributed by atoms with E-state index in [0.717, 1.165) is 98.2 Å². The number of nitrogens with zero attached hydrogens (tertiary/aromatic N) is 4. The van der Waals surface area contributed by atoms with Crippen molar-refractivity contribution >= 4 is 45.9 Å². The fraction of sp³-hybridized carbons (Fsp3) is 0.415. The second-order valence-corrected chi connectivity index (χ2v) is 13.7. The number of nitrogens with one attached hydrogen (secondary N) is 1. The van der Waals surface area contributed by atoms with Crippen molar-refractivity contribution in [3.8, 4) is 0 Å². The van der Waals surface area contributed by atoms with Crippen LogP contribution in [0.5, 0.6) is 0 Å². The number of carbonyl (C=O) groups is 4. The molecule has 5 rings (SSSR count). The van der Waals surface area contributed by atoms with Gasteiger partial charge in [-0.1, -0.05) is 81.3 Å².